The number of aromatic hydroxyl groups is 2. The average molecular weight is 364 g/mol. The summed E-state index contributed by atoms with van der Waals surface area (Å²) in [6.07, 6.45) is 0. The number of piperazine rings is 1. The van der Waals surface area contributed by atoms with Crippen molar-refractivity contribution in [3.63, 3.8) is 0 Å². The summed E-state index contributed by atoms with van der Waals surface area (Å²) in [7, 11) is 0. The maximum Gasteiger partial charge on any atom is 0.221 e. The molecule has 1 aliphatic rings. The molecule has 0 aromatic heterocycles. The van der Waals surface area contributed by atoms with Gasteiger partial charge in [-0.1, -0.05) is 12.6 Å². The fraction of sp³-hybridized carbons (Fsp3) is 0.412. The van der Waals surface area contributed by atoms with Crippen LogP contribution in [0.4, 0.5) is 0 Å². The van der Waals surface area contributed by atoms with Crippen LogP contribution in [0.15, 0.2) is 29.8 Å². The van der Waals surface area contributed by atoms with Crippen LogP contribution in [0.2, 0.25) is 0 Å². The van der Waals surface area contributed by atoms with Gasteiger partial charge in [0.05, 0.1) is 5.03 Å². The molecule has 1 aromatic carbocycles. The summed E-state index contributed by atoms with van der Waals surface area (Å²) in [5, 5.41) is 30.6. The highest BCUT2D eigenvalue weighted by atomic mass is 32.2. The number of thioether (sulfide) groups is 1. The molecule has 0 spiro atoms. The predicted molar refractivity (Wildman–Crippen MR) is 99.6 cm³/mol. The van der Waals surface area contributed by atoms with Crippen molar-refractivity contribution in [1.29, 1.82) is 5.41 Å². The molecule has 8 heteroatoms. The van der Waals surface area contributed by atoms with Crippen LogP contribution in [0, 0.1) is 5.41 Å². The molecule has 1 saturated heterocycles. The van der Waals surface area contributed by atoms with E-state index in [4.69, 9.17) is 5.41 Å². The van der Waals surface area contributed by atoms with E-state index in [2.05, 4.69) is 23.7 Å². The Hall–Kier alpha value is -2.19. The van der Waals surface area contributed by atoms with Gasteiger partial charge in [-0.15, -0.1) is 0 Å². The summed E-state index contributed by atoms with van der Waals surface area (Å²) in [6.45, 7) is 10.2. The van der Waals surface area contributed by atoms with E-state index < -0.39 is 0 Å². The van der Waals surface area contributed by atoms with E-state index in [9.17, 15) is 15.0 Å². The summed E-state index contributed by atoms with van der Waals surface area (Å²) in [5.41, 5.74) is 0.937. The van der Waals surface area contributed by atoms with E-state index in [0.717, 1.165) is 30.4 Å². The van der Waals surface area contributed by atoms with Crippen LogP contribution in [0.1, 0.15) is 25.5 Å². The van der Waals surface area contributed by atoms with E-state index in [0.29, 0.717) is 23.3 Å². The minimum atomic E-state index is -0.193. The van der Waals surface area contributed by atoms with E-state index in [1.54, 1.807) is 12.1 Å². The zero-order chi connectivity index (χ0) is 18.6. The van der Waals surface area contributed by atoms with Crippen molar-refractivity contribution < 1.29 is 15.0 Å². The zero-order valence-electron chi connectivity index (χ0n) is 14.5. The molecule has 1 amide bonds. The first kappa shape index (κ1) is 19.1. The lowest BCUT2D eigenvalue weighted by Gasteiger charge is -2.39. The summed E-state index contributed by atoms with van der Waals surface area (Å²) < 4.78 is 0. The molecule has 25 heavy (non-hydrogen) atoms. The van der Waals surface area contributed by atoms with E-state index in [1.807, 2.05) is 4.90 Å². The number of phenolic OH excluding ortho intramolecular Hbond substituents is 2. The summed E-state index contributed by atoms with van der Waals surface area (Å²) in [5.74, 6) is -0.426. The second-order valence-corrected chi connectivity index (χ2v) is 7.04. The lowest BCUT2D eigenvalue weighted by Crippen LogP contribution is -2.48. The van der Waals surface area contributed by atoms with Gasteiger partial charge in [0.15, 0.2) is 16.7 Å². The van der Waals surface area contributed by atoms with Crippen molar-refractivity contribution in [3.8, 4) is 11.5 Å². The van der Waals surface area contributed by atoms with E-state index >= 15 is 0 Å². The lowest BCUT2D eigenvalue weighted by atomic mass is 10.1. The topological polar surface area (TPSA) is 99.9 Å². The molecule has 7 nitrogen and oxygen atoms in total. The third kappa shape index (κ3) is 5.14. The maximum atomic E-state index is 11.0. The van der Waals surface area contributed by atoms with Crippen molar-refractivity contribution in [2.45, 2.75) is 19.9 Å². The van der Waals surface area contributed by atoms with Crippen LogP contribution in [0.3, 0.4) is 0 Å². The van der Waals surface area contributed by atoms with Crippen LogP contribution in [0.5, 0.6) is 11.5 Å². The third-order valence-electron chi connectivity index (χ3n) is 4.17. The van der Waals surface area contributed by atoms with Crippen LogP contribution in [-0.2, 0) is 4.79 Å². The molecular formula is C17H24N4O3S. The minimum Gasteiger partial charge on any atom is -0.504 e. The number of amidine groups is 1. The molecule has 0 radical (unpaired) electrons. The molecule has 4 N–H and O–H groups in total. The Kier molecular flexibility index (Phi) is 6.33. The van der Waals surface area contributed by atoms with Gasteiger partial charge in [-0.05, 0) is 36.4 Å². The standard InChI is InChI=1S/C17H24N4O3S/c1-11(14-4-5-15(23)16(24)10-14)20-6-8-21(9-7-20)17(18)25-13(3)19-12(2)22/h4-5,10-11,18,23-24H,3,6-9H2,1-2H3,(H,19,22). The number of carbonyl (C=O) groups excluding carboxylic acids is 1. The second kappa shape index (κ2) is 8.26. The lowest BCUT2D eigenvalue weighted by molar-refractivity contribution is -0.118. The second-order valence-electron chi connectivity index (χ2n) is 5.96. The average Bonchev–Trinajstić information content (AvgIpc) is 2.56. The number of nitrogens with zero attached hydrogens (tertiary/aromatic N) is 2. The molecule has 1 aliphatic heterocycles. The number of hydrogen-bond acceptors (Lipinski definition) is 6. The van der Waals surface area contributed by atoms with Crippen LogP contribution in [0.25, 0.3) is 0 Å². The largest absolute Gasteiger partial charge is 0.504 e. The van der Waals surface area contributed by atoms with Gasteiger partial charge in [0.2, 0.25) is 5.91 Å². The predicted octanol–water partition coefficient (Wildman–Crippen LogP) is 2.05. The number of carbonyl (C=O) groups is 1. The SMILES string of the molecule is C=C(NC(C)=O)SC(=N)N1CCN(C(C)c2ccc(O)c(O)c2)CC1. The van der Waals surface area contributed by atoms with Crippen LogP contribution in [-0.4, -0.2) is 57.3 Å². The molecular weight excluding hydrogens is 340 g/mol. The Balaban J connectivity index is 1.88. The van der Waals surface area contributed by atoms with Gasteiger partial charge < -0.3 is 20.4 Å². The van der Waals surface area contributed by atoms with E-state index in [-0.39, 0.29) is 23.4 Å². The molecule has 1 aromatic rings. The smallest absolute Gasteiger partial charge is 0.221 e. The number of nitrogens with one attached hydrogen (secondary N) is 2. The van der Waals surface area contributed by atoms with Crippen molar-refractivity contribution in [2.75, 3.05) is 26.2 Å². The van der Waals surface area contributed by atoms with Gasteiger partial charge in [-0.3, -0.25) is 15.1 Å². The quantitative estimate of drug-likeness (QED) is 0.371. The van der Waals surface area contributed by atoms with E-state index in [1.165, 1.54) is 13.0 Å². The Morgan fingerprint density at radius 1 is 1.28 bits per heavy atom. The Morgan fingerprint density at radius 2 is 1.92 bits per heavy atom. The summed E-state index contributed by atoms with van der Waals surface area (Å²) in [4.78, 5) is 15.2. The first-order chi connectivity index (χ1) is 11.8. The normalized spacial score (nSPS) is 16.3. The van der Waals surface area contributed by atoms with Gasteiger partial charge in [0, 0.05) is 39.1 Å². The molecule has 1 heterocycles. The number of amides is 1. The monoisotopic (exact) mass is 364 g/mol. The van der Waals surface area contributed by atoms with Gasteiger partial charge in [-0.25, -0.2) is 0 Å². The van der Waals surface area contributed by atoms with Gasteiger partial charge in [0.1, 0.15) is 0 Å². The number of rotatable bonds is 4. The molecule has 1 unspecified atom stereocenters. The van der Waals surface area contributed by atoms with Gasteiger partial charge in [0.25, 0.3) is 0 Å². The molecule has 0 aliphatic carbocycles. The highest BCUT2D eigenvalue weighted by Crippen LogP contribution is 2.30. The number of hydrogen-bond donors (Lipinski definition) is 4. The Bertz CT molecular complexity index is 672. The summed E-state index contributed by atoms with van der Waals surface area (Å²) >= 11 is 1.15. The Labute approximate surface area is 151 Å². The Morgan fingerprint density at radius 3 is 2.48 bits per heavy atom. The molecule has 0 saturated carbocycles. The molecule has 2 rings (SSSR count). The highest BCUT2D eigenvalue weighted by molar-refractivity contribution is 8.16. The van der Waals surface area contributed by atoms with Crippen molar-refractivity contribution in [2.24, 2.45) is 0 Å². The molecule has 1 fully saturated rings. The molecule has 1 atom stereocenters. The highest BCUT2D eigenvalue weighted by Gasteiger charge is 2.24. The summed E-state index contributed by atoms with van der Waals surface area (Å²) in [6, 6.07) is 4.99. The molecule has 0 bridgehead atoms. The van der Waals surface area contributed by atoms with Crippen molar-refractivity contribution >= 4 is 22.8 Å². The molecule has 136 valence electrons. The number of phenols is 2. The fourth-order valence-corrected chi connectivity index (χ4v) is 3.47. The van der Waals surface area contributed by atoms with Gasteiger partial charge >= 0.3 is 0 Å². The van der Waals surface area contributed by atoms with Crippen LogP contribution >= 0.6 is 11.8 Å². The first-order valence-electron chi connectivity index (χ1n) is 8.01. The zero-order valence-corrected chi connectivity index (χ0v) is 15.3. The van der Waals surface area contributed by atoms with Gasteiger partial charge in [-0.2, -0.15) is 0 Å². The first-order valence-corrected chi connectivity index (χ1v) is 8.83. The minimum absolute atomic E-state index is 0.102. The number of benzene rings is 1. The maximum absolute atomic E-state index is 11.0. The van der Waals surface area contributed by atoms with Crippen LogP contribution < -0.4 is 5.32 Å². The third-order valence-corrected chi connectivity index (χ3v) is 4.97. The van der Waals surface area contributed by atoms with Crippen molar-refractivity contribution in [3.05, 3.63) is 35.4 Å². The van der Waals surface area contributed by atoms with Crippen molar-refractivity contribution in [1.82, 2.24) is 15.1 Å². The fourth-order valence-electron chi connectivity index (χ4n) is 2.73.